The molecule has 0 bridgehead atoms. The normalized spacial score (nSPS) is 11.6. The van der Waals surface area contributed by atoms with Gasteiger partial charge in [0.05, 0.1) is 16.7 Å². The lowest BCUT2D eigenvalue weighted by Crippen LogP contribution is -1.92. The molecule has 0 aliphatic rings. The summed E-state index contributed by atoms with van der Waals surface area (Å²) in [5, 5.41) is 7.05. The first-order valence-electron chi connectivity index (χ1n) is 9.54. The molecule has 2 heterocycles. The van der Waals surface area contributed by atoms with Crippen LogP contribution in [0.4, 0.5) is 0 Å². The zero-order valence-electron chi connectivity index (χ0n) is 15.4. The van der Waals surface area contributed by atoms with Gasteiger partial charge in [0.25, 0.3) is 0 Å². The highest BCUT2D eigenvalue weighted by atomic mass is 79.9. The number of hydrogen-bond acceptors (Lipinski definition) is 2. The SMILES string of the molecule is Brc1cccc(-c2nc3ccccc3c3c2ccc2ccc4cccnc4c23)c1. The molecule has 0 aliphatic heterocycles. The number of hydrogen-bond donors (Lipinski definition) is 0. The van der Waals surface area contributed by atoms with E-state index in [9.17, 15) is 0 Å². The number of aromatic nitrogens is 2. The molecule has 6 rings (SSSR count). The first kappa shape index (κ1) is 16.6. The monoisotopic (exact) mass is 434 g/mol. The molecule has 0 unspecified atom stereocenters. The largest absolute Gasteiger partial charge is 0.256 e. The average Bonchev–Trinajstić information content (AvgIpc) is 2.78. The minimum atomic E-state index is 0.995. The molecule has 2 aromatic heterocycles. The van der Waals surface area contributed by atoms with Crippen molar-refractivity contribution >= 4 is 59.3 Å². The number of para-hydroxylation sites is 1. The van der Waals surface area contributed by atoms with Crippen molar-refractivity contribution in [3.05, 3.63) is 95.6 Å². The molecule has 0 saturated carbocycles. The van der Waals surface area contributed by atoms with Gasteiger partial charge in [0.15, 0.2) is 0 Å². The maximum atomic E-state index is 5.06. The van der Waals surface area contributed by atoms with E-state index in [-0.39, 0.29) is 0 Å². The Labute approximate surface area is 176 Å². The molecule has 3 heteroatoms. The van der Waals surface area contributed by atoms with Crippen molar-refractivity contribution in [3.63, 3.8) is 0 Å². The zero-order chi connectivity index (χ0) is 19.4. The summed E-state index contributed by atoms with van der Waals surface area (Å²) in [5.41, 5.74) is 4.13. The second kappa shape index (κ2) is 6.36. The third kappa shape index (κ3) is 2.55. The second-order valence-electron chi connectivity index (χ2n) is 7.21. The van der Waals surface area contributed by atoms with Gasteiger partial charge in [-0.25, -0.2) is 4.98 Å². The smallest absolute Gasteiger partial charge is 0.0788 e. The van der Waals surface area contributed by atoms with Gasteiger partial charge < -0.3 is 0 Å². The molecular weight excluding hydrogens is 420 g/mol. The molecule has 0 saturated heterocycles. The Bertz CT molecular complexity index is 1570. The van der Waals surface area contributed by atoms with Crippen LogP contribution in [-0.4, -0.2) is 9.97 Å². The molecule has 0 fully saturated rings. The Hall–Kier alpha value is -3.30. The van der Waals surface area contributed by atoms with Gasteiger partial charge in [-0.1, -0.05) is 76.6 Å². The van der Waals surface area contributed by atoms with Crippen LogP contribution in [0.15, 0.2) is 95.6 Å². The molecule has 2 nitrogen and oxygen atoms in total. The number of halogens is 1. The molecule has 29 heavy (non-hydrogen) atoms. The maximum absolute atomic E-state index is 5.06. The van der Waals surface area contributed by atoms with Crippen LogP contribution in [0.5, 0.6) is 0 Å². The minimum Gasteiger partial charge on any atom is -0.256 e. The highest BCUT2D eigenvalue weighted by molar-refractivity contribution is 9.10. The van der Waals surface area contributed by atoms with E-state index < -0.39 is 0 Å². The van der Waals surface area contributed by atoms with Crippen molar-refractivity contribution in [3.8, 4) is 11.3 Å². The number of fused-ring (bicyclic) bond motifs is 7. The van der Waals surface area contributed by atoms with Gasteiger partial charge in [-0.3, -0.25) is 4.98 Å². The lowest BCUT2D eigenvalue weighted by Gasteiger charge is -2.14. The van der Waals surface area contributed by atoms with Crippen LogP contribution in [0.3, 0.4) is 0 Å². The molecule has 0 radical (unpaired) electrons. The molecular formula is C26H15BrN2. The predicted octanol–water partition coefficient (Wildman–Crippen LogP) is 7.52. The van der Waals surface area contributed by atoms with Gasteiger partial charge in [-0.05, 0) is 29.7 Å². The van der Waals surface area contributed by atoms with Crippen LogP contribution in [0.1, 0.15) is 0 Å². The van der Waals surface area contributed by atoms with Crippen LogP contribution in [-0.2, 0) is 0 Å². The van der Waals surface area contributed by atoms with Crippen molar-refractivity contribution in [1.29, 1.82) is 0 Å². The molecule has 4 aromatic carbocycles. The van der Waals surface area contributed by atoms with E-state index in [1.807, 2.05) is 24.4 Å². The third-order valence-electron chi connectivity index (χ3n) is 5.51. The standard InChI is InChI=1S/C26H15BrN2/c27-19-7-3-5-18(15-19)25-21-13-12-16-10-11-17-6-4-14-28-26(17)23(16)24(21)20-8-1-2-9-22(20)29-25/h1-15H. The Morgan fingerprint density at radius 2 is 1.52 bits per heavy atom. The van der Waals surface area contributed by atoms with E-state index in [1.54, 1.807) is 0 Å². The summed E-state index contributed by atoms with van der Waals surface area (Å²) in [7, 11) is 0. The van der Waals surface area contributed by atoms with Crippen LogP contribution in [0, 0.1) is 0 Å². The lowest BCUT2D eigenvalue weighted by molar-refractivity contribution is 1.42. The van der Waals surface area contributed by atoms with E-state index in [4.69, 9.17) is 9.97 Å². The second-order valence-corrected chi connectivity index (χ2v) is 8.13. The highest BCUT2D eigenvalue weighted by Gasteiger charge is 2.15. The zero-order valence-corrected chi connectivity index (χ0v) is 17.0. The molecule has 0 spiro atoms. The van der Waals surface area contributed by atoms with E-state index >= 15 is 0 Å². The maximum Gasteiger partial charge on any atom is 0.0788 e. The topological polar surface area (TPSA) is 25.8 Å². The summed E-state index contributed by atoms with van der Waals surface area (Å²) in [5.74, 6) is 0. The van der Waals surface area contributed by atoms with Gasteiger partial charge in [-0.15, -0.1) is 0 Å². The molecule has 0 atom stereocenters. The van der Waals surface area contributed by atoms with Crippen molar-refractivity contribution in [2.24, 2.45) is 0 Å². The predicted molar refractivity (Wildman–Crippen MR) is 125 cm³/mol. The summed E-state index contributed by atoms with van der Waals surface area (Å²) in [6, 6.07) is 29.6. The average molecular weight is 435 g/mol. The van der Waals surface area contributed by atoms with Gasteiger partial charge in [0.2, 0.25) is 0 Å². The van der Waals surface area contributed by atoms with Gasteiger partial charge >= 0.3 is 0 Å². The van der Waals surface area contributed by atoms with Crippen molar-refractivity contribution in [2.75, 3.05) is 0 Å². The van der Waals surface area contributed by atoms with Crippen molar-refractivity contribution < 1.29 is 0 Å². The van der Waals surface area contributed by atoms with E-state index in [2.05, 4.69) is 82.7 Å². The Kier molecular flexibility index (Phi) is 3.65. The Morgan fingerprint density at radius 3 is 2.45 bits per heavy atom. The first-order valence-corrected chi connectivity index (χ1v) is 10.3. The fourth-order valence-electron chi connectivity index (χ4n) is 4.25. The lowest BCUT2D eigenvalue weighted by atomic mass is 9.94. The van der Waals surface area contributed by atoms with Gasteiger partial charge in [-0.2, -0.15) is 0 Å². The Morgan fingerprint density at radius 1 is 0.655 bits per heavy atom. The summed E-state index contributed by atoms with van der Waals surface area (Å²) in [4.78, 5) is 9.82. The highest BCUT2D eigenvalue weighted by Crippen LogP contribution is 2.39. The number of benzene rings is 4. The van der Waals surface area contributed by atoms with E-state index in [0.717, 1.165) is 42.9 Å². The van der Waals surface area contributed by atoms with Gasteiger partial charge in [0, 0.05) is 43.2 Å². The molecule has 6 aromatic rings. The van der Waals surface area contributed by atoms with Crippen molar-refractivity contribution in [1.82, 2.24) is 9.97 Å². The van der Waals surface area contributed by atoms with Crippen LogP contribution < -0.4 is 0 Å². The van der Waals surface area contributed by atoms with Gasteiger partial charge in [0.1, 0.15) is 0 Å². The number of nitrogens with zero attached hydrogens (tertiary/aromatic N) is 2. The number of pyridine rings is 2. The minimum absolute atomic E-state index is 0.995. The number of rotatable bonds is 1. The fraction of sp³-hybridized carbons (Fsp3) is 0. The molecule has 0 aliphatic carbocycles. The third-order valence-corrected chi connectivity index (χ3v) is 6.01. The van der Waals surface area contributed by atoms with Crippen molar-refractivity contribution in [2.45, 2.75) is 0 Å². The molecule has 0 amide bonds. The first-order chi connectivity index (χ1) is 14.3. The van der Waals surface area contributed by atoms with Crippen LogP contribution >= 0.6 is 15.9 Å². The van der Waals surface area contributed by atoms with Crippen LogP contribution in [0.25, 0.3) is 54.6 Å². The summed E-state index contributed by atoms with van der Waals surface area (Å²) >= 11 is 3.61. The summed E-state index contributed by atoms with van der Waals surface area (Å²) in [6.45, 7) is 0. The van der Waals surface area contributed by atoms with Crippen LogP contribution in [0.2, 0.25) is 0 Å². The quantitative estimate of drug-likeness (QED) is 0.250. The molecule has 136 valence electrons. The summed E-state index contributed by atoms with van der Waals surface area (Å²) in [6.07, 6.45) is 1.87. The Balaban J connectivity index is 1.91. The van der Waals surface area contributed by atoms with E-state index in [1.165, 1.54) is 16.2 Å². The summed E-state index contributed by atoms with van der Waals surface area (Å²) < 4.78 is 1.05. The van der Waals surface area contributed by atoms with E-state index in [0.29, 0.717) is 0 Å². The molecule has 0 N–H and O–H groups in total. The fourth-order valence-corrected chi connectivity index (χ4v) is 4.65.